The minimum absolute atomic E-state index is 0.0851. The Balaban J connectivity index is 2.24. The van der Waals surface area contributed by atoms with E-state index in [0.717, 1.165) is 6.07 Å². The van der Waals surface area contributed by atoms with Crippen molar-refractivity contribution in [3.05, 3.63) is 53.9 Å². The van der Waals surface area contributed by atoms with Crippen LogP contribution in [0.15, 0.2) is 42.5 Å². The maximum Gasteiger partial charge on any atom is 0.433 e. The molecule has 7 nitrogen and oxygen atoms in total. The Labute approximate surface area is 195 Å². The number of ether oxygens (including phenoxy) is 1. The molecule has 2 N–H and O–H groups in total. The highest BCUT2D eigenvalue weighted by atomic mass is 19.4. The Morgan fingerprint density at radius 1 is 1.06 bits per heavy atom. The molecular formula is C24H26F3N5O2. The van der Waals surface area contributed by atoms with Crippen LogP contribution in [0.3, 0.4) is 0 Å². The van der Waals surface area contributed by atoms with Gasteiger partial charge in [0, 0.05) is 24.3 Å². The topological polar surface area (TPSA) is 94.2 Å². The average Bonchev–Trinajstić information content (AvgIpc) is 2.79. The number of nitrogens with zero attached hydrogens (tertiary/aromatic N) is 4. The lowest BCUT2D eigenvalue weighted by Gasteiger charge is -2.24. The number of amides is 1. The van der Waals surface area contributed by atoms with E-state index in [2.05, 4.69) is 15.0 Å². The van der Waals surface area contributed by atoms with E-state index in [1.807, 2.05) is 13.8 Å². The summed E-state index contributed by atoms with van der Waals surface area (Å²) >= 11 is 0. The zero-order valence-corrected chi connectivity index (χ0v) is 19.3. The van der Waals surface area contributed by atoms with Gasteiger partial charge in [-0.3, -0.25) is 4.79 Å². The largest absolute Gasteiger partial charge is 0.464 e. The van der Waals surface area contributed by atoms with Crippen LogP contribution >= 0.6 is 0 Å². The lowest BCUT2D eigenvalue weighted by atomic mass is 9.99. The zero-order chi connectivity index (χ0) is 25.0. The first-order valence-electron chi connectivity index (χ1n) is 10.8. The molecule has 0 bridgehead atoms. The third kappa shape index (κ3) is 5.44. The van der Waals surface area contributed by atoms with Crippen LogP contribution in [-0.4, -0.2) is 45.0 Å². The molecule has 0 aliphatic heterocycles. The molecule has 10 heteroatoms. The van der Waals surface area contributed by atoms with E-state index in [9.17, 15) is 18.0 Å². The van der Waals surface area contributed by atoms with E-state index in [4.69, 9.17) is 10.5 Å². The number of alkyl halides is 3. The van der Waals surface area contributed by atoms with E-state index in [0.29, 0.717) is 18.7 Å². The van der Waals surface area contributed by atoms with Crippen LogP contribution in [0.2, 0.25) is 0 Å². The first-order chi connectivity index (χ1) is 16.0. The van der Waals surface area contributed by atoms with Crippen molar-refractivity contribution in [2.45, 2.75) is 40.0 Å². The average molecular weight is 473 g/mol. The van der Waals surface area contributed by atoms with Crippen LogP contribution < -0.4 is 10.5 Å². The molecule has 1 aromatic carbocycles. The van der Waals surface area contributed by atoms with Gasteiger partial charge in [0.15, 0.2) is 6.10 Å². The summed E-state index contributed by atoms with van der Waals surface area (Å²) in [5.74, 6) is -0.503. The van der Waals surface area contributed by atoms with Crippen molar-refractivity contribution in [1.82, 2.24) is 19.9 Å². The van der Waals surface area contributed by atoms with Crippen molar-refractivity contribution in [1.29, 1.82) is 0 Å². The van der Waals surface area contributed by atoms with Crippen molar-refractivity contribution in [2.24, 2.45) is 0 Å². The number of nitrogen functional groups attached to an aromatic ring is 1. The van der Waals surface area contributed by atoms with Crippen molar-refractivity contribution < 1.29 is 22.7 Å². The van der Waals surface area contributed by atoms with Crippen molar-refractivity contribution in [3.8, 4) is 28.3 Å². The van der Waals surface area contributed by atoms with Gasteiger partial charge < -0.3 is 15.4 Å². The molecule has 3 rings (SSSR count). The number of aryl methyl sites for hydroxylation is 1. The summed E-state index contributed by atoms with van der Waals surface area (Å²) < 4.78 is 46.5. The van der Waals surface area contributed by atoms with Gasteiger partial charge in [0.1, 0.15) is 5.69 Å². The summed E-state index contributed by atoms with van der Waals surface area (Å²) in [6.45, 7) is 7.67. The Hall–Kier alpha value is -3.69. The number of likely N-dealkylation sites (N-methyl/N-ethyl adjacent to an activating group) is 1. The highest BCUT2D eigenvalue weighted by molar-refractivity contribution is 5.86. The Bertz CT molecular complexity index is 1170. The van der Waals surface area contributed by atoms with Crippen LogP contribution in [0.5, 0.6) is 5.88 Å². The van der Waals surface area contributed by atoms with Crippen molar-refractivity contribution in [2.75, 3.05) is 18.8 Å². The summed E-state index contributed by atoms with van der Waals surface area (Å²) in [7, 11) is 0. The van der Waals surface area contributed by atoms with E-state index in [1.54, 1.807) is 42.2 Å². The molecule has 0 fully saturated rings. The van der Waals surface area contributed by atoms with Gasteiger partial charge in [-0.25, -0.2) is 9.97 Å². The number of carbonyl (C=O) groups is 1. The number of carbonyl (C=O) groups excluding carboxylic acids is 1. The molecule has 2 heterocycles. The molecule has 0 aliphatic carbocycles. The number of benzene rings is 1. The summed E-state index contributed by atoms with van der Waals surface area (Å²) in [5.41, 5.74) is 6.26. The maximum atomic E-state index is 13.5. The summed E-state index contributed by atoms with van der Waals surface area (Å²) in [4.78, 5) is 26.5. The fourth-order valence-electron chi connectivity index (χ4n) is 3.58. The molecule has 2 aromatic heterocycles. The normalized spacial score (nSPS) is 12.3. The number of anilines is 1. The van der Waals surface area contributed by atoms with Crippen LogP contribution in [0, 0.1) is 6.92 Å². The number of pyridine rings is 1. The number of nitrogens with two attached hydrogens (primary N) is 1. The first kappa shape index (κ1) is 24.9. The number of aromatic nitrogens is 3. The lowest BCUT2D eigenvalue weighted by Crippen LogP contribution is -2.40. The summed E-state index contributed by atoms with van der Waals surface area (Å²) in [6.07, 6.45) is -5.61. The molecule has 1 unspecified atom stereocenters. The molecule has 180 valence electrons. The van der Waals surface area contributed by atoms with Crippen LogP contribution in [0.1, 0.15) is 32.2 Å². The van der Waals surface area contributed by atoms with Crippen LogP contribution in [0.25, 0.3) is 22.4 Å². The van der Waals surface area contributed by atoms with E-state index in [-0.39, 0.29) is 40.3 Å². The predicted octanol–water partition coefficient (Wildman–Crippen LogP) is 4.75. The second-order valence-electron chi connectivity index (χ2n) is 7.63. The van der Waals surface area contributed by atoms with Gasteiger partial charge in [0.25, 0.3) is 5.91 Å². The quantitative estimate of drug-likeness (QED) is 0.532. The fraction of sp³-hybridized carbons (Fsp3) is 0.333. The molecule has 0 radical (unpaired) electrons. The number of halogens is 3. The first-order valence-corrected chi connectivity index (χ1v) is 10.8. The van der Waals surface area contributed by atoms with Crippen LogP contribution in [0.4, 0.5) is 19.1 Å². The van der Waals surface area contributed by atoms with E-state index in [1.165, 1.54) is 13.0 Å². The van der Waals surface area contributed by atoms with E-state index < -0.39 is 18.0 Å². The number of rotatable bonds is 7. The highest BCUT2D eigenvalue weighted by Gasteiger charge is 2.34. The van der Waals surface area contributed by atoms with Gasteiger partial charge in [0.05, 0.1) is 11.3 Å². The standard InChI is InChI=1S/C24H26F3N5O2/c1-5-32(6-2)22(33)15(4)34-21-19(17-12-14(3)29-18(13-17)24(25,26)27)20(30-23(28)31-21)16-10-8-7-9-11-16/h7-13,15H,5-6H2,1-4H3,(H2,28,30,31). The second-order valence-corrected chi connectivity index (χ2v) is 7.63. The molecule has 1 amide bonds. The predicted molar refractivity (Wildman–Crippen MR) is 123 cm³/mol. The molecule has 0 spiro atoms. The minimum atomic E-state index is -4.66. The van der Waals surface area contributed by atoms with Crippen molar-refractivity contribution in [3.63, 3.8) is 0 Å². The smallest absolute Gasteiger partial charge is 0.433 e. The van der Waals surface area contributed by atoms with Crippen LogP contribution in [-0.2, 0) is 11.0 Å². The maximum absolute atomic E-state index is 13.5. The molecular weight excluding hydrogens is 447 g/mol. The second kappa shape index (κ2) is 10.1. The SMILES string of the molecule is CCN(CC)C(=O)C(C)Oc1nc(N)nc(-c2ccccc2)c1-c1cc(C)nc(C(F)(F)F)c1. The zero-order valence-electron chi connectivity index (χ0n) is 19.3. The van der Waals surface area contributed by atoms with Gasteiger partial charge in [-0.15, -0.1) is 0 Å². The fourth-order valence-corrected chi connectivity index (χ4v) is 3.58. The summed E-state index contributed by atoms with van der Waals surface area (Å²) in [5, 5.41) is 0. The van der Waals surface area contributed by atoms with Gasteiger partial charge in [-0.2, -0.15) is 18.2 Å². The minimum Gasteiger partial charge on any atom is -0.464 e. The van der Waals surface area contributed by atoms with Crippen molar-refractivity contribution >= 4 is 11.9 Å². The lowest BCUT2D eigenvalue weighted by molar-refractivity contribution is -0.141. The molecule has 0 aliphatic rings. The molecule has 0 saturated heterocycles. The third-order valence-electron chi connectivity index (χ3n) is 5.18. The van der Waals surface area contributed by atoms with E-state index >= 15 is 0 Å². The van der Waals surface area contributed by atoms with Gasteiger partial charge in [-0.1, -0.05) is 30.3 Å². The number of hydrogen-bond donors (Lipinski definition) is 1. The molecule has 0 saturated carbocycles. The molecule has 1 atom stereocenters. The monoisotopic (exact) mass is 473 g/mol. The number of hydrogen-bond acceptors (Lipinski definition) is 6. The Morgan fingerprint density at radius 2 is 1.71 bits per heavy atom. The Morgan fingerprint density at radius 3 is 2.29 bits per heavy atom. The molecule has 3 aromatic rings. The van der Waals surface area contributed by atoms with Gasteiger partial charge in [-0.05, 0) is 45.4 Å². The molecule has 34 heavy (non-hydrogen) atoms. The third-order valence-corrected chi connectivity index (χ3v) is 5.18. The highest BCUT2D eigenvalue weighted by Crippen LogP contribution is 2.40. The Kier molecular flexibility index (Phi) is 7.38. The van der Waals surface area contributed by atoms with Gasteiger partial charge in [0.2, 0.25) is 11.8 Å². The summed E-state index contributed by atoms with van der Waals surface area (Å²) in [6, 6.07) is 11.2. The van der Waals surface area contributed by atoms with Gasteiger partial charge >= 0.3 is 6.18 Å².